The fourth-order valence-corrected chi connectivity index (χ4v) is 3.24. The molecule has 0 saturated carbocycles. The minimum Gasteiger partial charge on any atom is -0.326 e. The number of benzene rings is 1. The summed E-state index contributed by atoms with van der Waals surface area (Å²) >= 11 is 5.30. The molecule has 0 atom stereocenters. The second-order valence-electron chi connectivity index (χ2n) is 3.80. The van der Waals surface area contributed by atoms with Crippen LogP contribution in [0.4, 0.5) is 0 Å². The van der Waals surface area contributed by atoms with Crippen molar-refractivity contribution in [2.75, 3.05) is 0 Å². The molecule has 0 amide bonds. The Kier molecular flexibility index (Phi) is 4.31. The number of nitrogens with two attached hydrogens (primary N) is 1. The maximum atomic E-state index is 5.72. The second kappa shape index (κ2) is 5.76. The van der Waals surface area contributed by atoms with Crippen molar-refractivity contribution in [3.05, 3.63) is 49.9 Å². The molecule has 90 valence electrons. The molecule has 0 saturated heterocycles. The van der Waals surface area contributed by atoms with Crippen LogP contribution in [0.2, 0.25) is 0 Å². The Labute approximate surface area is 114 Å². The lowest BCUT2D eigenvalue weighted by molar-refractivity contribution is 0.968. The Balaban J connectivity index is 2.24. The van der Waals surface area contributed by atoms with Crippen LogP contribution in [0, 0.1) is 0 Å². The highest BCUT2D eigenvalue weighted by Crippen LogP contribution is 2.24. The van der Waals surface area contributed by atoms with E-state index in [0.717, 1.165) is 28.0 Å². The average molecular weight is 311 g/mol. The summed E-state index contributed by atoms with van der Waals surface area (Å²) < 4.78 is 1.14. The van der Waals surface area contributed by atoms with Crippen molar-refractivity contribution < 1.29 is 0 Å². The molecule has 0 aliphatic rings. The highest BCUT2D eigenvalue weighted by molar-refractivity contribution is 9.10. The van der Waals surface area contributed by atoms with E-state index in [4.69, 9.17) is 5.73 Å². The Morgan fingerprint density at radius 1 is 1.35 bits per heavy atom. The predicted molar refractivity (Wildman–Crippen MR) is 76.3 cm³/mol. The van der Waals surface area contributed by atoms with Crippen LogP contribution in [-0.4, -0.2) is 4.98 Å². The largest absolute Gasteiger partial charge is 0.326 e. The molecule has 2 nitrogen and oxygen atoms in total. The maximum absolute atomic E-state index is 5.72. The molecule has 0 radical (unpaired) electrons. The summed E-state index contributed by atoms with van der Waals surface area (Å²) in [4.78, 5) is 5.87. The Morgan fingerprint density at radius 2 is 2.12 bits per heavy atom. The minimum atomic E-state index is 0.594. The van der Waals surface area contributed by atoms with Crippen LogP contribution in [0.3, 0.4) is 0 Å². The number of halogens is 1. The van der Waals surface area contributed by atoms with E-state index in [2.05, 4.69) is 46.0 Å². The van der Waals surface area contributed by atoms with Crippen LogP contribution in [0.1, 0.15) is 28.1 Å². The molecule has 0 aliphatic heterocycles. The van der Waals surface area contributed by atoms with Crippen molar-refractivity contribution in [3.8, 4) is 0 Å². The molecular weight excluding hydrogens is 296 g/mol. The SMILES string of the molecule is CCc1nc(Cc2ccccc2Br)sc1CN. The first-order valence-electron chi connectivity index (χ1n) is 5.65. The van der Waals surface area contributed by atoms with Gasteiger partial charge >= 0.3 is 0 Å². The van der Waals surface area contributed by atoms with E-state index in [1.165, 1.54) is 10.4 Å². The van der Waals surface area contributed by atoms with E-state index in [1.807, 2.05) is 6.07 Å². The summed E-state index contributed by atoms with van der Waals surface area (Å²) in [6.45, 7) is 2.72. The summed E-state index contributed by atoms with van der Waals surface area (Å²) in [5.41, 5.74) is 8.15. The Hall–Kier alpha value is -0.710. The van der Waals surface area contributed by atoms with Gasteiger partial charge in [-0.2, -0.15) is 0 Å². The van der Waals surface area contributed by atoms with E-state index in [1.54, 1.807) is 11.3 Å². The van der Waals surface area contributed by atoms with Crippen LogP contribution >= 0.6 is 27.3 Å². The van der Waals surface area contributed by atoms with Crippen molar-refractivity contribution >= 4 is 27.3 Å². The van der Waals surface area contributed by atoms with Gasteiger partial charge in [-0.3, -0.25) is 0 Å². The van der Waals surface area contributed by atoms with Gasteiger partial charge in [-0.05, 0) is 18.1 Å². The van der Waals surface area contributed by atoms with Crippen molar-refractivity contribution in [1.82, 2.24) is 4.98 Å². The van der Waals surface area contributed by atoms with Gasteiger partial charge in [0.25, 0.3) is 0 Å². The second-order valence-corrected chi connectivity index (χ2v) is 5.83. The third-order valence-electron chi connectivity index (χ3n) is 2.64. The molecule has 4 heteroatoms. The molecule has 1 aromatic carbocycles. The number of hydrogen-bond acceptors (Lipinski definition) is 3. The zero-order valence-corrected chi connectivity index (χ0v) is 12.1. The smallest absolute Gasteiger partial charge is 0.0975 e. The normalized spacial score (nSPS) is 10.8. The lowest BCUT2D eigenvalue weighted by Gasteiger charge is -2.00. The van der Waals surface area contributed by atoms with Gasteiger partial charge in [0.1, 0.15) is 0 Å². The number of aromatic nitrogens is 1. The van der Waals surface area contributed by atoms with E-state index in [-0.39, 0.29) is 0 Å². The minimum absolute atomic E-state index is 0.594. The van der Waals surface area contributed by atoms with Crippen LogP contribution in [-0.2, 0) is 19.4 Å². The van der Waals surface area contributed by atoms with Gasteiger partial charge in [-0.1, -0.05) is 41.1 Å². The zero-order valence-electron chi connectivity index (χ0n) is 9.74. The molecule has 17 heavy (non-hydrogen) atoms. The average Bonchev–Trinajstić information content (AvgIpc) is 2.74. The predicted octanol–water partition coefficient (Wildman–Crippen LogP) is 3.52. The standard InChI is InChI=1S/C13H15BrN2S/c1-2-11-12(8-15)17-13(16-11)7-9-5-3-4-6-10(9)14/h3-6H,2,7-8,15H2,1H3. The molecular formula is C13H15BrN2S. The number of hydrogen-bond donors (Lipinski definition) is 1. The summed E-state index contributed by atoms with van der Waals surface area (Å²) in [6.07, 6.45) is 1.83. The van der Waals surface area contributed by atoms with Gasteiger partial charge < -0.3 is 5.73 Å². The first kappa shape index (κ1) is 12.7. The van der Waals surface area contributed by atoms with Gasteiger partial charge in [0.05, 0.1) is 10.7 Å². The van der Waals surface area contributed by atoms with Crippen molar-refractivity contribution in [2.24, 2.45) is 5.73 Å². The van der Waals surface area contributed by atoms with Crippen molar-refractivity contribution in [3.63, 3.8) is 0 Å². The van der Waals surface area contributed by atoms with Gasteiger partial charge in [-0.15, -0.1) is 11.3 Å². The maximum Gasteiger partial charge on any atom is 0.0975 e. The van der Waals surface area contributed by atoms with Gasteiger partial charge in [0.15, 0.2) is 0 Å². The van der Waals surface area contributed by atoms with Crippen LogP contribution in [0.5, 0.6) is 0 Å². The topological polar surface area (TPSA) is 38.9 Å². The molecule has 0 fully saturated rings. The van der Waals surface area contributed by atoms with Gasteiger partial charge in [-0.25, -0.2) is 4.98 Å². The lowest BCUT2D eigenvalue weighted by Crippen LogP contribution is -1.97. The van der Waals surface area contributed by atoms with Gasteiger partial charge in [0, 0.05) is 22.3 Å². The molecule has 0 unspecified atom stereocenters. The molecule has 2 aromatic rings. The highest BCUT2D eigenvalue weighted by atomic mass is 79.9. The molecule has 0 spiro atoms. The third-order valence-corrected chi connectivity index (χ3v) is 4.54. The zero-order chi connectivity index (χ0) is 12.3. The number of aryl methyl sites for hydroxylation is 1. The number of nitrogens with zero attached hydrogens (tertiary/aromatic N) is 1. The van der Waals surface area contributed by atoms with Crippen LogP contribution < -0.4 is 5.73 Å². The monoisotopic (exact) mass is 310 g/mol. The summed E-state index contributed by atoms with van der Waals surface area (Å²) in [5.74, 6) is 0. The number of rotatable bonds is 4. The van der Waals surface area contributed by atoms with Crippen molar-refractivity contribution in [2.45, 2.75) is 26.3 Å². The van der Waals surface area contributed by atoms with E-state index >= 15 is 0 Å². The first-order chi connectivity index (χ1) is 8.24. The van der Waals surface area contributed by atoms with Gasteiger partial charge in [0.2, 0.25) is 0 Å². The van der Waals surface area contributed by atoms with Crippen LogP contribution in [0.15, 0.2) is 28.7 Å². The van der Waals surface area contributed by atoms with Crippen molar-refractivity contribution in [1.29, 1.82) is 0 Å². The third kappa shape index (κ3) is 2.94. The summed E-state index contributed by atoms with van der Waals surface area (Å²) in [5, 5.41) is 1.15. The fourth-order valence-electron chi connectivity index (χ4n) is 1.75. The van der Waals surface area contributed by atoms with E-state index in [0.29, 0.717) is 6.54 Å². The van der Waals surface area contributed by atoms with Crippen LogP contribution in [0.25, 0.3) is 0 Å². The number of thiazole rings is 1. The highest BCUT2D eigenvalue weighted by Gasteiger charge is 2.09. The molecule has 0 bridgehead atoms. The molecule has 1 heterocycles. The molecule has 0 aliphatic carbocycles. The summed E-state index contributed by atoms with van der Waals surface area (Å²) in [6, 6.07) is 8.27. The van der Waals surface area contributed by atoms with E-state index in [9.17, 15) is 0 Å². The molecule has 1 aromatic heterocycles. The quantitative estimate of drug-likeness (QED) is 0.938. The molecule has 2 N–H and O–H groups in total. The fraction of sp³-hybridized carbons (Fsp3) is 0.308. The Bertz CT molecular complexity index is 486. The first-order valence-corrected chi connectivity index (χ1v) is 7.26. The lowest BCUT2D eigenvalue weighted by atomic mass is 10.2. The van der Waals surface area contributed by atoms with E-state index < -0.39 is 0 Å². The Morgan fingerprint density at radius 3 is 2.71 bits per heavy atom. The molecule has 2 rings (SSSR count). The summed E-state index contributed by atoms with van der Waals surface area (Å²) in [7, 11) is 0.